The van der Waals surface area contributed by atoms with Crippen molar-refractivity contribution in [2.75, 3.05) is 44.9 Å². The molecule has 0 bridgehead atoms. The lowest BCUT2D eigenvalue weighted by Gasteiger charge is -2.34. The van der Waals surface area contributed by atoms with Crippen molar-refractivity contribution in [3.8, 4) is 5.75 Å². The summed E-state index contributed by atoms with van der Waals surface area (Å²) in [5, 5.41) is 2.06. The minimum absolute atomic E-state index is 0.0517. The van der Waals surface area contributed by atoms with E-state index in [2.05, 4.69) is 11.0 Å². The summed E-state index contributed by atoms with van der Waals surface area (Å²) < 4.78 is 11.0. The largest absolute Gasteiger partial charge is 0.497 e. The summed E-state index contributed by atoms with van der Waals surface area (Å²) in [6.45, 7) is 4.03. The van der Waals surface area contributed by atoms with Gasteiger partial charge in [0.2, 0.25) is 0 Å². The second-order valence-corrected chi connectivity index (χ2v) is 9.52. The molecule has 0 saturated carbocycles. The second-order valence-electron chi connectivity index (χ2n) is 9.52. The number of amides is 1. The van der Waals surface area contributed by atoms with Gasteiger partial charge in [-0.25, -0.2) is 9.97 Å². The summed E-state index contributed by atoms with van der Waals surface area (Å²) in [5.41, 5.74) is 3.94. The summed E-state index contributed by atoms with van der Waals surface area (Å²) in [5.74, 6) is 2.60. The van der Waals surface area contributed by atoms with Crippen molar-refractivity contribution in [1.29, 1.82) is 0 Å². The van der Waals surface area contributed by atoms with Crippen LogP contribution in [-0.2, 0) is 24.1 Å². The summed E-state index contributed by atoms with van der Waals surface area (Å²) in [6, 6.07) is 22.0. The first kappa shape index (κ1) is 23.4. The molecule has 4 aromatic rings. The van der Waals surface area contributed by atoms with Gasteiger partial charge in [0.25, 0.3) is 5.91 Å². The summed E-state index contributed by atoms with van der Waals surface area (Å²) in [4.78, 5) is 28.0. The first-order valence-corrected chi connectivity index (χ1v) is 12.8. The van der Waals surface area contributed by atoms with Crippen molar-refractivity contribution >= 4 is 22.5 Å². The van der Waals surface area contributed by atoms with Crippen LogP contribution in [0.5, 0.6) is 5.75 Å². The van der Waals surface area contributed by atoms with Gasteiger partial charge in [0.15, 0.2) is 0 Å². The van der Waals surface area contributed by atoms with Crippen molar-refractivity contribution in [3.63, 3.8) is 0 Å². The number of benzene rings is 3. The molecule has 2 aliphatic rings. The van der Waals surface area contributed by atoms with Crippen molar-refractivity contribution < 1.29 is 14.3 Å². The number of carbonyl (C=O) groups is 1. The Morgan fingerprint density at radius 1 is 0.973 bits per heavy atom. The van der Waals surface area contributed by atoms with Gasteiger partial charge < -0.3 is 19.3 Å². The SMILES string of the molecule is COc1cccc(Cc2nc3c(c(N4CCOCC4)n2)CN(C(=O)c2cccc4ccccc24)CC3)c1. The minimum Gasteiger partial charge on any atom is -0.497 e. The zero-order valence-corrected chi connectivity index (χ0v) is 21.0. The molecule has 7 nitrogen and oxygen atoms in total. The van der Waals surface area contributed by atoms with E-state index in [1.807, 2.05) is 65.6 Å². The second kappa shape index (κ2) is 10.2. The Labute approximate surface area is 216 Å². The monoisotopic (exact) mass is 494 g/mol. The molecule has 0 unspecified atom stereocenters. The third kappa shape index (κ3) is 4.74. The minimum atomic E-state index is 0.0517. The zero-order valence-electron chi connectivity index (χ0n) is 21.0. The smallest absolute Gasteiger partial charge is 0.254 e. The maximum Gasteiger partial charge on any atom is 0.254 e. The van der Waals surface area contributed by atoms with Crippen LogP contribution in [-0.4, -0.2) is 60.7 Å². The quantitative estimate of drug-likeness (QED) is 0.413. The fourth-order valence-electron chi connectivity index (χ4n) is 5.28. The van der Waals surface area contributed by atoms with Crippen LogP contribution in [0.3, 0.4) is 0 Å². The number of aromatic nitrogens is 2. The van der Waals surface area contributed by atoms with Crippen LogP contribution in [0.1, 0.15) is 33.0 Å². The van der Waals surface area contributed by atoms with E-state index in [4.69, 9.17) is 19.4 Å². The number of ether oxygens (including phenoxy) is 2. The van der Waals surface area contributed by atoms with E-state index in [1.54, 1.807) is 7.11 Å². The Balaban J connectivity index is 1.34. The van der Waals surface area contributed by atoms with Gasteiger partial charge in [-0.1, -0.05) is 48.5 Å². The third-order valence-corrected chi connectivity index (χ3v) is 7.20. The number of rotatable bonds is 5. The molecular formula is C30H30N4O3. The lowest BCUT2D eigenvalue weighted by atomic mass is 10.0. The Bertz CT molecular complexity index is 1440. The number of hydrogen-bond acceptors (Lipinski definition) is 6. The normalized spacial score (nSPS) is 15.5. The molecule has 0 radical (unpaired) electrons. The molecule has 7 heteroatoms. The highest BCUT2D eigenvalue weighted by Crippen LogP contribution is 2.30. The van der Waals surface area contributed by atoms with Gasteiger partial charge in [0.05, 0.1) is 32.6 Å². The van der Waals surface area contributed by atoms with Crippen LogP contribution in [0.15, 0.2) is 66.7 Å². The predicted molar refractivity (Wildman–Crippen MR) is 143 cm³/mol. The zero-order chi connectivity index (χ0) is 25.2. The van der Waals surface area contributed by atoms with Gasteiger partial charge in [-0.2, -0.15) is 0 Å². The molecule has 0 aliphatic carbocycles. The van der Waals surface area contributed by atoms with E-state index in [9.17, 15) is 4.79 Å². The molecule has 3 aromatic carbocycles. The van der Waals surface area contributed by atoms with Gasteiger partial charge in [-0.05, 0) is 34.5 Å². The van der Waals surface area contributed by atoms with Crippen molar-refractivity contribution in [2.24, 2.45) is 0 Å². The van der Waals surface area contributed by atoms with Crippen LogP contribution < -0.4 is 9.64 Å². The number of methoxy groups -OCH3 is 1. The molecule has 1 saturated heterocycles. The highest BCUT2D eigenvalue weighted by molar-refractivity contribution is 6.07. The van der Waals surface area contributed by atoms with Gasteiger partial charge in [-0.15, -0.1) is 0 Å². The van der Waals surface area contributed by atoms with Gasteiger partial charge in [-0.3, -0.25) is 4.79 Å². The van der Waals surface area contributed by atoms with Gasteiger partial charge in [0, 0.05) is 43.6 Å². The van der Waals surface area contributed by atoms with Crippen molar-refractivity contribution in [3.05, 3.63) is 94.9 Å². The summed E-state index contributed by atoms with van der Waals surface area (Å²) in [7, 11) is 1.68. The standard InChI is InChI=1S/C30H30N4O3/c1-36-23-9-4-6-21(18-23)19-28-31-27-12-13-34(20-26(27)29(32-28)33-14-16-37-17-15-33)30(35)25-11-5-8-22-7-2-3-10-24(22)25/h2-11,18H,12-17,19-20H2,1H3. The fraction of sp³-hybridized carbons (Fsp3) is 0.300. The lowest BCUT2D eigenvalue weighted by molar-refractivity contribution is 0.0735. The molecule has 1 fully saturated rings. The third-order valence-electron chi connectivity index (χ3n) is 7.20. The molecule has 3 heterocycles. The molecule has 1 amide bonds. The molecule has 0 spiro atoms. The average Bonchev–Trinajstić information content (AvgIpc) is 2.96. The molecule has 1 aromatic heterocycles. The Morgan fingerprint density at radius 3 is 2.65 bits per heavy atom. The van der Waals surface area contributed by atoms with E-state index >= 15 is 0 Å². The van der Waals surface area contributed by atoms with Crippen LogP contribution in [0.4, 0.5) is 5.82 Å². The summed E-state index contributed by atoms with van der Waals surface area (Å²) in [6.07, 6.45) is 1.33. The van der Waals surface area contributed by atoms with E-state index < -0.39 is 0 Å². The highest BCUT2D eigenvalue weighted by atomic mass is 16.5. The first-order chi connectivity index (χ1) is 18.2. The number of carbonyl (C=O) groups excluding carboxylic acids is 1. The maximum atomic E-state index is 13.7. The van der Waals surface area contributed by atoms with Crippen molar-refractivity contribution in [1.82, 2.24) is 14.9 Å². The number of hydrogen-bond donors (Lipinski definition) is 0. The van der Waals surface area contributed by atoms with E-state index in [0.29, 0.717) is 39.1 Å². The van der Waals surface area contributed by atoms with Crippen LogP contribution in [0.25, 0.3) is 10.8 Å². The van der Waals surface area contributed by atoms with E-state index in [-0.39, 0.29) is 5.91 Å². The Morgan fingerprint density at radius 2 is 1.78 bits per heavy atom. The number of morpholine rings is 1. The molecule has 0 N–H and O–H groups in total. The van der Waals surface area contributed by atoms with Crippen LogP contribution in [0, 0.1) is 0 Å². The molecular weight excluding hydrogens is 464 g/mol. The molecule has 6 rings (SSSR count). The Hall–Kier alpha value is -3.97. The first-order valence-electron chi connectivity index (χ1n) is 12.8. The van der Waals surface area contributed by atoms with Crippen LogP contribution in [0.2, 0.25) is 0 Å². The fourth-order valence-corrected chi connectivity index (χ4v) is 5.28. The Kier molecular flexibility index (Phi) is 6.45. The van der Waals surface area contributed by atoms with Gasteiger partial charge >= 0.3 is 0 Å². The van der Waals surface area contributed by atoms with Crippen LogP contribution >= 0.6 is 0 Å². The van der Waals surface area contributed by atoms with Crippen molar-refractivity contribution in [2.45, 2.75) is 19.4 Å². The lowest BCUT2D eigenvalue weighted by Crippen LogP contribution is -2.41. The summed E-state index contributed by atoms with van der Waals surface area (Å²) >= 11 is 0. The molecule has 2 aliphatic heterocycles. The number of fused-ring (bicyclic) bond motifs is 2. The number of nitrogens with zero attached hydrogens (tertiary/aromatic N) is 4. The highest BCUT2D eigenvalue weighted by Gasteiger charge is 2.29. The van der Waals surface area contributed by atoms with E-state index in [1.165, 1.54) is 0 Å². The average molecular weight is 495 g/mol. The van der Waals surface area contributed by atoms with E-state index in [0.717, 1.165) is 63.6 Å². The predicted octanol–water partition coefficient (Wildman–Crippen LogP) is 4.26. The molecule has 0 atom stereocenters. The molecule has 188 valence electrons. The maximum absolute atomic E-state index is 13.7. The topological polar surface area (TPSA) is 67.8 Å². The molecule has 37 heavy (non-hydrogen) atoms. The number of anilines is 1. The van der Waals surface area contributed by atoms with Gasteiger partial charge in [0.1, 0.15) is 17.4 Å².